The van der Waals surface area contributed by atoms with Crippen LogP contribution in [-0.4, -0.2) is 11.2 Å². The minimum absolute atomic E-state index is 0.251. The van der Waals surface area contributed by atoms with E-state index in [2.05, 4.69) is 24.3 Å². The van der Waals surface area contributed by atoms with E-state index >= 15 is 0 Å². The molecule has 0 saturated heterocycles. The van der Waals surface area contributed by atoms with Gasteiger partial charge in [-0.1, -0.05) is 54.6 Å². The van der Waals surface area contributed by atoms with Crippen molar-refractivity contribution < 1.29 is 5.11 Å². The highest BCUT2D eigenvalue weighted by Gasteiger charge is 2.42. The van der Waals surface area contributed by atoms with Crippen molar-refractivity contribution in [3.63, 3.8) is 0 Å². The predicted octanol–water partition coefficient (Wildman–Crippen LogP) is 2.66. The van der Waals surface area contributed by atoms with Gasteiger partial charge in [-0.2, -0.15) is 0 Å². The van der Waals surface area contributed by atoms with Gasteiger partial charge >= 0.3 is 0 Å². The molecule has 1 aliphatic carbocycles. The molecule has 18 heavy (non-hydrogen) atoms. The van der Waals surface area contributed by atoms with E-state index in [0.29, 0.717) is 12.8 Å². The molecule has 2 heteroatoms. The van der Waals surface area contributed by atoms with Gasteiger partial charge in [0, 0.05) is 5.54 Å². The minimum atomic E-state index is -0.369. The molecular weight excluding hydrogens is 222 g/mol. The summed E-state index contributed by atoms with van der Waals surface area (Å²) in [6.45, 7) is 0. The summed E-state index contributed by atoms with van der Waals surface area (Å²) >= 11 is 0. The van der Waals surface area contributed by atoms with Crippen LogP contribution in [0.3, 0.4) is 0 Å². The third-order valence-corrected chi connectivity index (χ3v) is 3.75. The molecule has 0 radical (unpaired) electrons. The summed E-state index contributed by atoms with van der Waals surface area (Å²) in [6.07, 6.45) is 1.05. The average molecular weight is 239 g/mol. The van der Waals surface area contributed by atoms with Crippen molar-refractivity contribution in [3.8, 4) is 11.1 Å². The summed E-state index contributed by atoms with van der Waals surface area (Å²) in [7, 11) is 0. The van der Waals surface area contributed by atoms with E-state index in [-0.39, 0.29) is 11.6 Å². The first-order chi connectivity index (χ1) is 8.69. The summed E-state index contributed by atoms with van der Waals surface area (Å²) < 4.78 is 0. The van der Waals surface area contributed by atoms with Crippen molar-refractivity contribution in [2.75, 3.05) is 0 Å². The van der Waals surface area contributed by atoms with Gasteiger partial charge in [-0.05, 0) is 29.5 Å². The maximum Gasteiger partial charge on any atom is 0.0582 e. The highest BCUT2D eigenvalue weighted by atomic mass is 16.3. The Balaban J connectivity index is 2.06. The molecule has 1 aliphatic rings. The predicted molar refractivity (Wildman–Crippen MR) is 73.0 cm³/mol. The van der Waals surface area contributed by atoms with E-state index in [1.165, 1.54) is 11.1 Å². The third kappa shape index (κ3) is 1.84. The second kappa shape index (κ2) is 4.23. The van der Waals surface area contributed by atoms with Gasteiger partial charge in [0.2, 0.25) is 0 Å². The van der Waals surface area contributed by atoms with E-state index in [1.807, 2.05) is 30.3 Å². The van der Waals surface area contributed by atoms with Crippen LogP contribution >= 0.6 is 0 Å². The lowest BCUT2D eigenvalue weighted by molar-refractivity contribution is 0.0212. The molecule has 1 saturated carbocycles. The number of nitrogens with two attached hydrogens (primary N) is 1. The van der Waals surface area contributed by atoms with Crippen molar-refractivity contribution in [2.45, 2.75) is 24.5 Å². The lowest BCUT2D eigenvalue weighted by Crippen LogP contribution is -2.51. The Hall–Kier alpha value is -1.64. The maximum atomic E-state index is 9.53. The van der Waals surface area contributed by atoms with Gasteiger partial charge in [0.1, 0.15) is 0 Å². The first kappa shape index (κ1) is 11.5. The highest BCUT2D eigenvalue weighted by Crippen LogP contribution is 2.42. The van der Waals surface area contributed by atoms with Crippen molar-refractivity contribution in [2.24, 2.45) is 5.73 Å². The van der Waals surface area contributed by atoms with Gasteiger partial charge in [0.15, 0.2) is 0 Å². The van der Waals surface area contributed by atoms with Crippen LogP contribution in [0.1, 0.15) is 18.4 Å². The number of hydrogen-bond acceptors (Lipinski definition) is 2. The SMILES string of the molecule is NC1(c2ccccc2-c2ccccc2)CC(O)C1. The van der Waals surface area contributed by atoms with E-state index in [4.69, 9.17) is 5.73 Å². The normalized spacial score (nSPS) is 26.7. The first-order valence-electron chi connectivity index (χ1n) is 6.31. The topological polar surface area (TPSA) is 46.2 Å². The first-order valence-corrected chi connectivity index (χ1v) is 6.31. The molecule has 0 amide bonds. The molecule has 0 aliphatic heterocycles. The standard InChI is InChI=1S/C16H17NO/c17-16(10-13(18)11-16)15-9-5-4-8-14(15)12-6-2-1-3-7-12/h1-9,13,18H,10-11,17H2. The van der Waals surface area contributed by atoms with Crippen LogP contribution in [-0.2, 0) is 5.54 Å². The highest BCUT2D eigenvalue weighted by molar-refractivity contribution is 5.69. The summed E-state index contributed by atoms with van der Waals surface area (Å²) in [5.74, 6) is 0. The Kier molecular flexibility index (Phi) is 2.69. The summed E-state index contributed by atoms with van der Waals surface area (Å²) in [6, 6.07) is 18.5. The monoisotopic (exact) mass is 239 g/mol. The van der Waals surface area contributed by atoms with Crippen LogP contribution in [0.5, 0.6) is 0 Å². The fraction of sp³-hybridized carbons (Fsp3) is 0.250. The van der Waals surface area contributed by atoms with Crippen molar-refractivity contribution >= 4 is 0 Å². The van der Waals surface area contributed by atoms with Gasteiger partial charge in [-0.25, -0.2) is 0 Å². The number of benzene rings is 2. The Morgan fingerprint density at radius 3 is 2.22 bits per heavy atom. The van der Waals surface area contributed by atoms with Gasteiger partial charge < -0.3 is 10.8 Å². The van der Waals surface area contributed by atoms with Crippen LogP contribution in [0.2, 0.25) is 0 Å². The van der Waals surface area contributed by atoms with E-state index < -0.39 is 0 Å². The molecule has 0 unspecified atom stereocenters. The van der Waals surface area contributed by atoms with E-state index in [1.54, 1.807) is 0 Å². The van der Waals surface area contributed by atoms with Crippen LogP contribution in [0, 0.1) is 0 Å². The Labute approximate surface area is 107 Å². The van der Waals surface area contributed by atoms with Crippen LogP contribution in [0.4, 0.5) is 0 Å². The molecule has 0 aromatic heterocycles. The molecule has 0 atom stereocenters. The van der Waals surface area contributed by atoms with Crippen molar-refractivity contribution in [3.05, 3.63) is 60.2 Å². The van der Waals surface area contributed by atoms with Crippen LogP contribution < -0.4 is 5.73 Å². The number of hydrogen-bond donors (Lipinski definition) is 2. The smallest absolute Gasteiger partial charge is 0.0582 e. The van der Waals surface area contributed by atoms with Crippen molar-refractivity contribution in [1.82, 2.24) is 0 Å². The molecular formula is C16H17NO. The summed E-state index contributed by atoms with van der Waals surface area (Å²) in [5, 5.41) is 9.53. The molecule has 0 heterocycles. The molecule has 0 bridgehead atoms. The summed E-state index contributed by atoms with van der Waals surface area (Å²) in [4.78, 5) is 0. The molecule has 3 N–H and O–H groups in total. The second-order valence-electron chi connectivity index (χ2n) is 5.13. The van der Waals surface area contributed by atoms with Crippen LogP contribution in [0.15, 0.2) is 54.6 Å². The quantitative estimate of drug-likeness (QED) is 0.846. The third-order valence-electron chi connectivity index (χ3n) is 3.75. The Bertz CT molecular complexity index is 544. The average Bonchev–Trinajstić information content (AvgIpc) is 2.38. The van der Waals surface area contributed by atoms with Gasteiger partial charge in [0.05, 0.1) is 6.10 Å². The van der Waals surface area contributed by atoms with E-state index in [0.717, 1.165) is 5.56 Å². The van der Waals surface area contributed by atoms with E-state index in [9.17, 15) is 5.11 Å². The second-order valence-corrected chi connectivity index (χ2v) is 5.13. The molecule has 2 nitrogen and oxygen atoms in total. The van der Waals surface area contributed by atoms with Crippen molar-refractivity contribution in [1.29, 1.82) is 0 Å². The van der Waals surface area contributed by atoms with Crippen LogP contribution in [0.25, 0.3) is 11.1 Å². The molecule has 92 valence electrons. The van der Waals surface area contributed by atoms with Gasteiger partial charge in [-0.15, -0.1) is 0 Å². The van der Waals surface area contributed by atoms with Gasteiger partial charge in [0.25, 0.3) is 0 Å². The van der Waals surface area contributed by atoms with Gasteiger partial charge in [-0.3, -0.25) is 0 Å². The molecule has 3 rings (SSSR count). The molecule has 2 aromatic carbocycles. The largest absolute Gasteiger partial charge is 0.393 e. The zero-order valence-electron chi connectivity index (χ0n) is 10.2. The number of rotatable bonds is 2. The fourth-order valence-corrected chi connectivity index (χ4v) is 2.79. The minimum Gasteiger partial charge on any atom is -0.393 e. The maximum absolute atomic E-state index is 9.53. The zero-order chi connectivity index (χ0) is 12.6. The number of aliphatic hydroxyl groups excluding tert-OH is 1. The Morgan fingerprint density at radius 1 is 0.944 bits per heavy atom. The number of aliphatic hydroxyl groups is 1. The molecule has 1 fully saturated rings. The lowest BCUT2D eigenvalue weighted by atomic mass is 9.69. The Morgan fingerprint density at radius 2 is 1.56 bits per heavy atom. The fourth-order valence-electron chi connectivity index (χ4n) is 2.79. The lowest BCUT2D eigenvalue weighted by Gasteiger charge is -2.43. The zero-order valence-corrected chi connectivity index (χ0v) is 10.2. The molecule has 0 spiro atoms. The molecule has 2 aromatic rings. The summed E-state index contributed by atoms with van der Waals surface area (Å²) in [5.41, 5.74) is 9.52.